The van der Waals surface area contributed by atoms with Gasteiger partial charge in [-0.2, -0.15) is 0 Å². The average Bonchev–Trinajstić information content (AvgIpc) is 2.27. The van der Waals surface area contributed by atoms with Crippen molar-refractivity contribution in [2.24, 2.45) is 0 Å². The summed E-state index contributed by atoms with van der Waals surface area (Å²) >= 11 is 0. The largest absolute Gasteiger partial charge is 0.379 e. The molecule has 0 heterocycles. The first kappa shape index (κ1) is 9.00. The lowest BCUT2D eigenvalue weighted by Crippen LogP contribution is -2.32. The second-order valence-electron chi connectivity index (χ2n) is 3.20. The van der Waals surface area contributed by atoms with Gasteiger partial charge in [0.05, 0.1) is 5.70 Å². The minimum Gasteiger partial charge on any atom is -0.379 e. The highest BCUT2D eigenvalue weighted by Crippen LogP contribution is 2.30. The van der Waals surface area contributed by atoms with Crippen LogP contribution >= 0.6 is 0 Å². The summed E-state index contributed by atoms with van der Waals surface area (Å²) in [5.41, 5.74) is -0.539. The molecule has 1 rings (SSSR count). The zero-order valence-corrected chi connectivity index (χ0v) is 7.37. The van der Waals surface area contributed by atoms with Crippen molar-refractivity contribution in [2.45, 2.75) is 12.0 Å². The molecule has 3 heteroatoms. The molecule has 0 radical (unpaired) electrons. The van der Waals surface area contributed by atoms with E-state index in [0.29, 0.717) is 5.70 Å². The Balaban J connectivity index is 3.02. The zero-order chi connectivity index (χ0) is 9.35. The van der Waals surface area contributed by atoms with Crippen molar-refractivity contribution >= 4 is 5.78 Å². The smallest absolute Gasteiger partial charge is 0.161 e. The van der Waals surface area contributed by atoms with Gasteiger partial charge in [-0.15, -0.1) is 0 Å². The lowest BCUT2D eigenvalue weighted by molar-refractivity contribution is -0.115. The molecular formula is C9H13NO2. The monoisotopic (exact) mass is 167 g/mol. The molecule has 0 aromatic heterocycles. The third-order valence-corrected chi connectivity index (χ3v) is 2.00. The summed E-state index contributed by atoms with van der Waals surface area (Å²) in [7, 11) is 3.58. The number of carbonyl (C=O) groups is 1. The van der Waals surface area contributed by atoms with Gasteiger partial charge in [-0.1, -0.05) is 12.7 Å². The SMILES string of the molecule is C=C[C@@]1(O)CC(=O)C=C1N(C)C. The van der Waals surface area contributed by atoms with E-state index in [2.05, 4.69) is 6.58 Å². The van der Waals surface area contributed by atoms with Crippen molar-refractivity contribution in [1.82, 2.24) is 4.90 Å². The molecule has 0 aliphatic heterocycles. The predicted octanol–water partition coefficient (Wildman–Crippen LogP) is 0.322. The summed E-state index contributed by atoms with van der Waals surface area (Å²) in [6, 6.07) is 0. The van der Waals surface area contributed by atoms with Crippen LogP contribution in [-0.4, -0.2) is 35.5 Å². The van der Waals surface area contributed by atoms with E-state index in [4.69, 9.17) is 0 Å². The highest BCUT2D eigenvalue weighted by molar-refractivity contribution is 5.95. The van der Waals surface area contributed by atoms with Crippen LogP contribution in [0.4, 0.5) is 0 Å². The van der Waals surface area contributed by atoms with Gasteiger partial charge in [0.15, 0.2) is 5.78 Å². The van der Waals surface area contributed by atoms with E-state index in [0.717, 1.165) is 0 Å². The molecule has 0 saturated heterocycles. The quantitative estimate of drug-likeness (QED) is 0.602. The minimum absolute atomic E-state index is 0.0545. The van der Waals surface area contributed by atoms with Crippen LogP contribution in [0.5, 0.6) is 0 Å². The van der Waals surface area contributed by atoms with E-state index in [1.54, 1.807) is 19.0 Å². The Morgan fingerprint density at radius 3 is 2.67 bits per heavy atom. The van der Waals surface area contributed by atoms with Gasteiger partial charge in [0.1, 0.15) is 5.60 Å². The van der Waals surface area contributed by atoms with Crippen LogP contribution in [0.15, 0.2) is 24.4 Å². The molecule has 0 unspecified atom stereocenters. The van der Waals surface area contributed by atoms with Crippen LogP contribution in [0.2, 0.25) is 0 Å². The van der Waals surface area contributed by atoms with Crippen LogP contribution in [-0.2, 0) is 4.79 Å². The van der Waals surface area contributed by atoms with Crippen LogP contribution in [0.25, 0.3) is 0 Å². The lowest BCUT2D eigenvalue weighted by Gasteiger charge is -2.26. The van der Waals surface area contributed by atoms with Gasteiger partial charge in [-0.3, -0.25) is 4.79 Å². The molecule has 0 saturated carbocycles. The van der Waals surface area contributed by atoms with E-state index in [9.17, 15) is 9.90 Å². The Bertz CT molecular complexity index is 255. The summed E-state index contributed by atoms with van der Waals surface area (Å²) in [5.74, 6) is -0.0545. The number of hydrogen-bond acceptors (Lipinski definition) is 3. The molecule has 0 amide bonds. The highest BCUT2D eigenvalue weighted by atomic mass is 16.3. The summed E-state index contributed by atoms with van der Waals surface area (Å²) in [4.78, 5) is 12.8. The number of likely N-dealkylation sites (N-methyl/N-ethyl adjacent to an activating group) is 1. The molecular weight excluding hydrogens is 154 g/mol. The predicted molar refractivity (Wildman–Crippen MR) is 46.5 cm³/mol. The topological polar surface area (TPSA) is 40.5 Å². The van der Waals surface area contributed by atoms with E-state index in [-0.39, 0.29) is 12.2 Å². The Morgan fingerprint density at radius 1 is 1.75 bits per heavy atom. The number of ketones is 1. The van der Waals surface area contributed by atoms with Crippen molar-refractivity contribution in [3.8, 4) is 0 Å². The van der Waals surface area contributed by atoms with Gasteiger partial charge >= 0.3 is 0 Å². The number of allylic oxidation sites excluding steroid dienone is 1. The zero-order valence-electron chi connectivity index (χ0n) is 7.37. The van der Waals surface area contributed by atoms with Crippen LogP contribution in [0.1, 0.15) is 6.42 Å². The second-order valence-corrected chi connectivity index (χ2v) is 3.20. The van der Waals surface area contributed by atoms with Crippen LogP contribution < -0.4 is 0 Å². The number of aliphatic hydroxyl groups is 1. The lowest BCUT2D eigenvalue weighted by atomic mass is 10.0. The molecule has 12 heavy (non-hydrogen) atoms. The van der Waals surface area contributed by atoms with Gasteiger partial charge < -0.3 is 10.0 Å². The number of rotatable bonds is 2. The number of nitrogens with zero attached hydrogens (tertiary/aromatic N) is 1. The molecule has 1 aliphatic rings. The van der Waals surface area contributed by atoms with E-state index in [1.165, 1.54) is 12.2 Å². The van der Waals surface area contributed by atoms with Gasteiger partial charge in [0.25, 0.3) is 0 Å². The first-order valence-corrected chi connectivity index (χ1v) is 3.78. The highest BCUT2D eigenvalue weighted by Gasteiger charge is 2.37. The maximum Gasteiger partial charge on any atom is 0.161 e. The molecule has 1 aliphatic carbocycles. The fourth-order valence-corrected chi connectivity index (χ4v) is 1.38. The standard InChI is InChI=1S/C9H13NO2/c1-4-9(12)6-7(11)5-8(9)10(2)3/h4-5,12H,1,6H2,2-3H3/t9-/m1/s1. The maximum absolute atomic E-state index is 11.0. The average molecular weight is 167 g/mol. The summed E-state index contributed by atoms with van der Waals surface area (Å²) in [6.45, 7) is 3.51. The Hall–Kier alpha value is -1.09. The molecule has 0 aromatic rings. The molecule has 0 spiro atoms. The van der Waals surface area contributed by atoms with Crippen molar-refractivity contribution in [2.75, 3.05) is 14.1 Å². The number of carbonyl (C=O) groups excluding carboxylic acids is 1. The molecule has 1 N–H and O–H groups in total. The van der Waals surface area contributed by atoms with E-state index in [1.807, 2.05) is 0 Å². The van der Waals surface area contributed by atoms with Crippen molar-refractivity contribution in [3.63, 3.8) is 0 Å². The van der Waals surface area contributed by atoms with Crippen molar-refractivity contribution < 1.29 is 9.90 Å². The molecule has 0 aromatic carbocycles. The first-order chi connectivity index (χ1) is 5.49. The summed E-state index contributed by atoms with van der Waals surface area (Å²) in [5, 5.41) is 9.85. The van der Waals surface area contributed by atoms with E-state index >= 15 is 0 Å². The molecule has 3 nitrogen and oxygen atoms in total. The molecule has 0 fully saturated rings. The Labute approximate surface area is 72.0 Å². The number of hydrogen-bond donors (Lipinski definition) is 1. The summed E-state index contributed by atoms with van der Waals surface area (Å²) < 4.78 is 0. The van der Waals surface area contributed by atoms with Gasteiger partial charge in [-0.25, -0.2) is 0 Å². The van der Waals surface area contributed by atoms with E-state index < -0.39 is 5.60 Å². The normalized spacial score (nSPS) is 28.6. The Morgan fingerprint density at radius 2 is 2.33 bits per heavy atom. The summed E-state index contributed by atoms with van der Waals surface area (Å²) in [6.07, 6.45) is 2.98. The Kier molecular flexibility index (Phi) is 2.06. The van der Waals surface area contributed by atoms with Crippen LogP contribution in [0.3, 0.4) is 0 Å². The molecule has 0 bridgehead atoms. The van der Waals surface area contributed by atoms with Gasteiger partial charge in [0, 0.05) is 26.6 Å². The van der Waals surface area contributed by atoms with Crippen molar-refractivity contribution in [1.29, 1.82) is 0 Å². The van der Waals surface area contributed by atoms with Gasteiger partial charge in [0.2, 0.25) is 0 Å². The first-order valence-electron chi connectivity index (χ1n) is 3.78. The van der Waals surface area contributed by atoms with Crippen molar-refractivity contribution in [3.05, 3.63) is 24.4 Å². The fourth-order valence-electron chi connectivity index (χ4n) is 1.38. The third-order valence-electron chi connectivity index (χ3n) is 2.00. The third kappa shape index (κ3) is 1.28. The van der Waals surface area contributed by atoms with Crippen LogP contribution in [0, 0.1) is 0 Å². The minimum atomic E-state index is -1.15. The molecule has 1 atom stereocenters. The second kappa shape index (κ2) is 2.75. The fraction of sp³-hybridized carbons (Fsp3) is 0.444. The maximum atomic E-state index is 11.0. The van der Waals surface area contributed by atoms with Gasteiger partial charge in [-0.05, 0) is 0 Å². The molecule has 66 valence electrons.